The molecule has 1 aromatic carbocycles. The van der Waals surface area contributed by atoms with Crippen molar-refractivity contribution in [2.45, 2.75) is 13.1 Å². The predicted octanol–water partition coefficient (Wildman–Crippen LogP) is 1.39. The van der Waals surface area contributed by atoms with E-state index >= 15 is 0 Å². The number of amides is 2. The van der Waals surface area contributed by atoms with Gasteiger partial charge in [-0.2, -0.15) is 4.99 Å². The van der Waals surface area contributed by atoms with Gasteiger partial charge in [-0.25, -0.2) is 9.38 Å². The van der Waals surface area contributed by atoms with Crippen molar-refractivity contribution in [2.24, 2.45) is 21.8 Å². The molecule has 0 N–H and O–H groups in total. The first-order valence-electron chi connectivity index (χ1n) is 8.97. The van der Waals surface area contributed by atoms with Crippen molar-refractivity contribution < 1.29 is 18.7 Å². The molecule has 4 rings (SSSR count). The third kappa shape index (κ3) is 3.09. The summed E-state index contributed by atoms with van der Waals surface area (Å²) in [6.45, 7) is 4.07. The van der Waals surface area contributed by atoms with Crippen molar-refractivity contribution in [1.29, 1.82) is 0 Å². The SMILES string of the molecule is COc1ccccc1C(=O)N1CC2CN(C3=NC(=O)C(F)C(C)=N3)CC2C1. The van der Waals surface area contributed by atoms with Crippen LogP contribution in [0.3, 0.4) is 0 Å². The number of fused-ring (bicyclic) bond motifs is 1. The first-order chi connectivity index (χ1) is 13.0. The first kappa shape index (κ1) is 17.6. The van der Waals surface area contributed by atoms with Crippen LogP contribution >= 0.6 is 0 Å². The number of para-hydroxylation sites is 1. The van der Waals surface area contributed by atoms with E-state index in [0.717, 1.165) is 0 Å². The normalized spacial score (nSPS) is 27.4. The zero-order valence-corrected chi connectivity index (χ0v) is 15.3. The van der Waals surface area contributed by atoms with E-state index in [1.54, 1.807) is 19.2 Å². The van der Waals surface area contributed by atoms with Gasteiger partial charge in [0.15, 0.2) is 0 Å². The van der Waals surface area contributed by atoms with E-state index in [9.17, 15) is 14.0 Å². The van der Waals surface area contributed by atoms with Gasteiger partial charge in [0.2, 0.25) is 12.1 Å². The number of guanidine groups is 1. The van der Waals surface area contributed by atoms with Crippen molar-refractivity contribution in [3.05, 3.63) is 29.8 Å². The molecule has 8 heteroatoms. The molecule has 0 radical (unpaired) electrons. The van der Waals surface area contributed by atoms with E-state index < -0.39 is 12.1 Å². The quantitative estimate of drug-likeness (QED) is 0.786. The second-order valence-electron chi connectivity index (χ2n) is 7.20. The third-order valence-corrected chi connectivity index (χ3v) is 5.46. The van der Waals surface area contributed by atoms with Crippen LogP contribution in [0.5, 0.6) is 5.75 Å². The number of ether oxygens (including phenoxy) is 1. The fourth-order valence-electron chi connectivity index (χ4n) is 4.03. The van der Waals surface area contributed by atoms with Crippen molar-refractivity contribution in [3.63, 3.8) is 0 Å². The Morgan fingerprint density at radius 3 is 2.44 bits per heavy atom. The van der Waals surface area contributed by atoms with E-state index in [-0.39, 0.29) is 23.5 Å². The molecule has 27 heavy (non-hydrogen) atoms. The molecule has 3 atom stereocenters. The topological polar surface area (TPSA) is 74.6 Å². The molecule has 0 bridgehead atoms. The number of aliphatic imine (C=N–C) groups is 2. The second-order valence-corrected chi connectivity index (χ2v) is 7.20. The lowest BCUT2D eigenvalue weighted by molar-refractivity contribution is -0.120. The van der Waals surface area contributed by atoms with Gasteiger partial charge in [0.1, 0.15) is 5.75 Å². The van der Waals surface area contributed by atoms with Crippen LogP contribution in [0.2, 0.25) is 0 Å². The number of hydrogen-bond donors (Lipinski definition) is 0. The zero-order chi connectivity index (χ0) is 19.1. The van der Waals surface area contributed by atoms with Gasteiger partial charge >= 0.3 is 0 Å². The van der Waals surface area contributed by atoms with Gasteiger partial charge in [-0.3, -0.25) is 9.59 Å². The highest BCUT2D eigenvalue weighted by atomic mass is 19.1. The van der Waals surface area contributed by atoms with Gasteiger partial charge in [-0.05, 0) is 19.1 Å². The van der Waals surface area contributed by atoms with Crippen LogP contribution in [-0.4, -0.2) is 72.7 Å². The molecule has 2 saturated heterocycles. The first-order valence-corrected chi connectivity index (χ1v) is 8.97. The Kier molecular flexibility index (Phi) is 4.41. The minimum Gasteiger partial charge on any atom is -0.496 e. The van der Waals surface area contributed by atoms with Crippen LogP contribution in [0, 0.1) is 11.8 Å². The summed E-state index contributed by atoms with van der Waals surface area (Å²) in [7, 11) is 1.55. The highest BCUT2D eigenvalue weighted by Crippen LogP contribution is 2.33. The lowest BCUT2D eigenvalue weighted by Crippen LogP contribution is -2.38. The minimum atomic E-state index is -1.73. The fraction of sp³-hybridized carbons (Fsp3) is 0.474. The molecule has 142 valence electrons. The van der Waals surface area contributed by atoms with E-state index in [1.165, 1.54) is 6.92 Å². The largest absolute Gasteiger partial charge is 0.496 e. The summed E-state index contributed by atoms with van der Waals surface area (Å²) in [6.07, 6.45) is -1.73. The lowest BCUT2D eigenvalue weighted by atomic mass is 10.0. The van der Waals surface area contributed by atoms with Crippen LogP contribution in [0.1, 0.15) is 17.3 Å². The molecular weight excluding hydrogens is 351 g/mol. The number of nitrogens with zero attached hydrogens (tertiary/aromatic N) is 4. The molecule has 0 saturated carbocycles. The van der Waals surface area contributed by atoms with Crippen molar-refractivity contribution in [3.8, 4) is 5.75 Å². The van der Waals surface area contributed by atoms with Gasteiger partial charge in [-0.1, -0.05) is 12.1 Å². The van der Waals surface area contributed by atoms with Gasteiger partial charge in [0.25, 0.3) is 11.8 Å². The molecule has 3 unspecified atom stereocenters. The molecule has 0 aromatic heterocycles. The molecule has 3 aliphatic rings. The average molecular weight is 372 g/mol. The summed E-state index contributed by atoms with van der Waals surface area (Å²) in [4.78, 5) is 36.2. The summed E-state index contributed by atoms with van der Waals surface area (Å²) in [5, 5.41) is 0. The summed E-state index contributed by atoms with van der Waals surface area (Å²) >= 11 is 0. The number of hydrogen-bond acceptors (Lipinski definition) is 5. The van der Waals surface area contributed by atoms with Gasteiger partial charge in [-0.15, -0.1) is 0 Å². The number of alkyl halides is 1. The van der Waals surface area contributed by atoms with Gasteiger partial charge in [0.05, 0.1) is 18.4 Å². The molecule has 2 amide bonds. The number of methoxy groups -OCH3 is 1. The smallest absolute Gasteiger partial charge is 0.289 e. The van der Waals surface area contributed by atoms with Crippen molar-refractivity contribution in [1.82, 2.24) is 9.80 Å². The van der Waals surface area contributed by atoms with E-state index in [2.05, 4.69) is 9.98 Å². The Morgan fingerprint density at radius 1 is 1.15 bits per heavy atom. The molecule has 3 heterocycles. The maximum atomic E-state index is 13.6. The summed E-state index contributed by atoms with van der Waals surface area (Å²) in [5.41, 5.74) is 0.711. The predicted molar refractivity (Wildman–Crippen MR) is 97.9 cm³/mol. The Hall–Kier alpha value is -2.77. The molecule has 3 aliphatic heterocycles. The van der Waals surface area contributed by atoms with E-state index in [4.69, 9.17) is 4.74 Å². The fourth-order valence-corrected chi connectivity index (χ4v) is 4.03. The van der Waals surface area contributed by atoms with Crippen LogP contribution in [0.15, 0.2) is 34.3 Å². The molecule has 0 spiro atoms. The average Bonchev–Trinajstić information content (AvgIpc) is 3.24. The third-order valence-electron chi connectivity index (χ3n) is 5.46. The zero-order valence-electron chi connectivity index (χ0n) is 15.3. The number of carbonyl (C=O) groups excluding carboxylic acids is 2. The number of rotatable bonds is 2. The summed E-state index contributed by atoms with van der Waals surface area (Å²) in [5.74, 6) is 0.598. The van der Waals surface area contributed by atoms with E-state index in [1.807, 2.05) is 21.9 Å². The summed E-state index contributed by atoms with van der Waals surface area (Å²) < 4.78 is 18.9. The number of halogens is 1. The number of likely N-dealkylation sites (tertiary alicyclic amines) is 2. The minimum absolute atomic E-state index is 0.0345. The van der Waals surface area contributed by atoms with Crippen LogP contribution < -0.4 is 4.74 Å². The molecule has 1 aromatic rings. The van der Waals surface area contributed by atoms with Gasteiger partial charge in [0, 0.05) is 38.0 Å². The Balaban J connectivity index is 1.44. The highest BCUT2D eigenvalue weighted by molar-refractivity contribution is 6.16. The maximum absolute atomic E-state index is 13.6. The van der Waals surface area contributed by atoms with Crippen LogP contribution in [0.4, 0.5) is 4.39 Å². The Bertz CT molecular complexity index is 839. The monoisotopic (exact) mass is 372 g/mol. The van der Waals surface area contributed by atoms with Crippen LogP contribution in [-0.2, 0) is 4.79 Å². The Morgan fingerprint density at radius 2 is 1.81 bits per heavy atom. The molecular formula is C19H21FN4O3. The number of benzene rings is 1. The van der Waals surface area contributed by atoms with Crippen molar-refractivity contribution in [2.75, 3.05) is 33.3 Å². The maximum Gasteiger partial charge on any atom is 0.289 e. The molecule has 2 fully saturated rings. The van der Waals surface area contributed by atoms with Crippen molar-refractivity contribution >= 4 is 23.5 Å². The van der Waals surface area contributed by atoms with Crippen LogP contribution in [0.25, 0.3) is 0 Å². The standard InChI is InChI=1S/C19H21FN4O3/c1-11-16(20)17(25)22-19(21-11)24-9-12-7-23(8-13(12)10-24)18(26)14-5-3-4-6-15(14)27-2/h3-6,12-13,16H,7-10H2,1-2H3. The molecule has 0 aliphatic carbocycles. The highest BCUT2D eigenvalue weighted by Gasteiger charge is 2.43. The second kappa shape index (κ2) is 6.75. The Labute approximate surface area is 156 Å². The number of carbonyl (C=O) groups is 2. The summed E-state index contributed by atoms with van der Waals surface area (Å²) in [6, 6.07) is 7.21. The lowest BCUT2D eigenvalue weighted by Gasteiger charge is -2.24. The van der Waals surface area contributed by atoms with E-state index in [0.29, 0.717) is 43.5 Å². The molecule has 7 nitrogen and oxygen atoms in total. The van der Waals surface area contributed by atoms with Gasteiger partial charge < -0.3 is 14.5 Å².